The molecular formula is C25H29NO4. The van der Waals surface area contributed by atoms with Crippen molar-refractivity contribution in [2.24, 2.45) is 0 Å². The summed E-state index contributed by atoms with van der Waals surface area (Å²) in [5.41, 5.74) is 2.20. The smallest absolute Gasteiger partial charge is 0.384 e. The molecule has 0 spiro atoms. The largest absolute Gasteiger partial charge is 0.490 e. The van der Waals surface area contributed by atoms with Crippen LogP contribution in [0.2, 0.25) is 0 Å². The maximum atomic E-state index is 11.5. The quantitative estimate of drug-likeness (QED) is 0.244. The van der Waals surface area contributed by atoms with Gasteiger partial charge in [-0.3, -0.25) is 4.90 Å². The fourth-order valence-electron chi connectivity index (χ4n) is 2.80. The van der Waals surface area contributed by atoms with Crippen molar-refractivity contribution in [3.05, 3.63) is 78.4 Å². The Bertz CT molecular complexity index is 837. The Balaban J connectivity index is 2.06. The molecule has 0 saturated heterocycles. The van der Waals surface area contributed by atoms with E-state index in [-0.39, 0.29) is 6.04 Å². The third-order valence-corrected chi connectivity index (χ3v) is 4.35. The van der Waals surface area contributed by atoms with Gasteiger partial charge in [0, 0.05) is 5.92 Å². The maximum absolute atomic E-state index is 11.5. The van der Waals surface area contributed by atoms with Crippen LogP contribution in [0.5, 0.6) is 5.75 Å². The van der Waals surface area contributed by atoms with Gasteiger partial charge in [0.15, 0.2) is 0 Å². The third kappa shape index (κ3) is 8.12. The molecule has 0 radical (unpaired) electrons. The van der Waals surface area contributed by atoms with E-state index < -0.39 is 5.97 Å². The Hall–Kier alpha value is -3.07. The van der Waals surface area contributed by atoms with Crippen molar-refractivity contribution in [2.45, 2.75) is 19.6 Å². The van der Waals surface area contributed by atoms with Crippen LogP contribution in [0.25, 0.3) is 0 Å². The Morgan fingerprint density at radius 2 is 1.90 bits per heavy atom. The molecular weight excluding hydrogens is 378 g/mol. The van der Waals surface area contributed by atoms with Gasteiger partial charge in [0.1, 0.15) is 12.4 Å². The van der Waals surface area contributed by atoms with Crippen LogP contribution in [-0.2, 0) is 20.9 Å². The number of rotatable bonds is 11. The molecule has 30 heavy (non-hydrogen) atoms. The van der Waals surface area contributed by atoms with E-state index in [1.807, 2.05) is 61.6 Å². The monoisotopic (exact) mass is 407 g/mol. The Kier molecular flexibility index (Phi) is 10.2. The van der Waals surface area contributed by atoms with Crippen molar-refractivity contribution >= 4 is 5.97 Å². The van der Waals surface area contributed by atoms with E-state index in [1.165, 1.54) is 0 Å². The first-order chi connectivity index (χ1) is 14.6. The van der Waals surface area contributed by atoms with E-state index in [4.69, 9.17) is 14.2 Å². The van der Waals surface area contributed by atoms with Gasteiger partial charge in [0.2, 0.25) is 0 Å². The fraction of sp³-hybridized carbons (Fsp3) is 0.320. The van der Waals surface area contributed by atoms with Gasteiger partial charge < -0.3 is 14.2 Å². The summed E-state index contributed by atoms with van der Waals surface area (Å²) in [7, 11) is 1.96. The van der Waals surface area contributed by atoms with Crippen molar-refractivity contribution in [3.63, 3.8) is 0 Å². The fourth-order valence-corrected chi connectivity index (χ4v) is 2.80. The summed E-state index contributed by atoms with van der Waals surface area (Å²) in [6.45, 7) is 7.63. The molecule has 0 heterocycles. The standard InChI is InChI=1S/C25H29NO4/c1-4-18-30-23-15-13-22(14-16-23)24(20-28-19-21-10-7-6-8-11-21)26(3)17-9-12-25(27)29-5-2/h4,6-8,10-11,13-16,24H,1,5,17-20H2,2-3H3. The normalized spacial score (nSPS) is 11.3. The maximum Gasteiger partial charge on any atom is 0.384 e. The van der Waals surface area contributed by atoms with Crippen molar-refractivity contribution in [2.75, 3.05) is 33.4 Å². The highest BCUT2D eigenvalue weighted by Gasteiger charge is 2.17. The zero-order chi connectivity index (χ0) is 21.6. The minimum Gasteiger partial charge on any atom is -0.490 e. The molecule has 5 nitrogen and oxygen atoms in total. The highest BCUT2D eigenvalue weighted by Crippen LogP contribution is 2.23. The zero-order valence-corrected chi connectivity index (χ0v) is 17.7. The number of likely N-dealkylation sites (N-methyl/N-ethyl adjacent to an activating group) is 1. The molecule has 158 valence electrons. The molecule has 1 atom stereocenters. The number of ether oxygens (including phenoxy) is 3. The SMILES string of the molecule is C=CCOc1ccc(C(COCc2ccccc2)N(C)CC#CC(=O)OCC)cc1. The highest BCUT2D eigenvalue weighted by atomic mass is 16.5. The number of esters is 1. The number of benzene rings is 2. The summed E-state index contributed by atoms with van der Waals surface area (Å²) < 4.78 is 16.4. The van der Waals surface area contributed by atoms with Gasteiger partial charge in [-0.25, -0.2) is 4.79 Å². The van der Waals surface area contributed by atoms with Crippen molar-refractivity contribution in [1.82, 2.24) is 4.90 Å². The van der Waals surface area contributed by atoms with Crippen molar-refractivity contribution in [3.8, 4) is 17.6 Å². The van der Waals surface area contributed by atoms with Crippen LogP contribution < -0.4 is 4.74 Å². The number of carbonyl (C=O) groups is 1. The summed E-state index contributed by atoms with van der Waals surface area (Å²) in [6.07, 6.45) is 1.71. The molecule has 0 N–H and O–H groups in total. The van der Waals surface area contributed by atoms with Crippen molar-refractivity contribution in [1.29, 1.82) is 0 Å². The molecule has 2 aromatic rings. The van der Waals surface area contributed by atoms with Crippen LogP contribution in [0, 0.1) is 11.8 Å². The molecule has 0 aliphatic heterocycles. The minimum absolute atomic E-state index is 0.0290. The Labute approximate surface area is 179 Å². The Morgan fingerprint density at radius 1 is 1.17 bits per heavy atom. The molecule has 2 rings (SSSR count). The summed E-state index contributed by atoms with van der Waals surface area (Å²) >= 11 is 0. The summed E-state index contributed by atoms with van der Waals surface area (Å²) in [6, 6.07) is 17.9. The van der Waals surface area contributed by atoms with Crippen LogP contribution >= 0.6 is 0 Å². The van der Waals surface area contributed by atoms with E-state index in [9.17, 15) is 4.79 Å². The van der Waals surface area contributed by atoms with Gasteiger partial charge >= 0.3 is 5.97 Å². The topological polar surface area (TPSA) is 48.0 Å². The molecule has 1 unspecified atom stereocenters. The summed E-state index contributed by atoms with van der Waals surface area (Å²) in [5, 5.41) is 0. The minimum atomic E-state index is -0.508. The summed E-state index contributed by atoms with van der Waals surface area (Å²) in [4.78, 5) is 13.5. The van der Waals surface area contributed by atoms with Crippen LogP contribution in [0.1, 0.15) is 24.1 Å². The van der Waals surface area contributed by atoms with E-state index in [2.05, 4.69) is 23.3 Å². The average Bonchev–Trinajstić information content (AvgIpc) is 2.76. The zero-order valence-electron chi connectivity index (χ0n) is 17.7. The molecule has 0 bridgehead atoms. The lowest BCUT2D eigenvalue weighted by molar-refractivity contribution is -0.136. The second-order valence-corrected chi connectivity index (χ2v) is 6.62. The molecule has 0 aliphatic carbocycles. The van der Waals surface area contributed by atoms with Crippen LogP contribution in [-0.4, -0.2) is 44.3 Å². The van der Waals surface area contributed by atoms with Gasteiger partial charge in [-0.1, -0.05) is 61.0 Å². The number of carbonyl (C=O) groups excluding carboxylic acids is 1. The molecule has 0 aliphatic rings. The van der Waals surface area contributed by atoms with Gasteiger partial charge in [-0.15, -0.1) is 0 Å². The van der Waals surface area contributed by atoms with Crippen LogP contribution in [0.15, 0.2) is 67.3 Å². The predicted octanol–water partition coefficient (Wildman–Crippen LogP) is 4.01. The summed E-state index contributed by atoms with van der Waals surface area (Å²) in [5.74, 6) is 5.67. The van der Waals surface area contributed by atoms with E-state index in [0.29, 0.717) is 33.0 Å². The molecule has 0 fully saturated rings. The molecule has 2 aromatic carbocycles. The van der Waals surface area contributed by atoms with E-state index in [0.717, 1.165) is 16.9 Å². The van der Waals surface area contributed by atoms with Crippen LogP contribution in [0.4, 0.5) is 0 Å². The molecule has 0 amide bonds. The number of hydrogen-bond donors (Lipinski definition) is 0. The highest BCUT2D eigenvalue weighted by molar-refractivity contribution is 5.88. The van der Waals surface area contributed by atoms with Gasteiger partial charge in [-0.05, 0) is 37.2 Å². The number of nitrogens with zero attached hydrogens (tertiary/aromatic N) is 1. The van der Waals surface area contributed by atoms with Crippen molar-refractivity contribution < 1.29 is 19.0 Å². The van der Waals surface area contributed by atoms with Gasteiger partial charge in [0.05, 0.1) is 32.4 Å². The lowest BCUT2D eigenvalue weighted by Gasteiger charge is -2.27. The van der Waals surface area contributed by atoms with E-state index >= 15 is 0 Å². The van der Waals surface area contributed by atoms with Crippen LogP contribution in [0.3, 0.4) is 0 Å². The first kappa shape index (κ1) is 23.2. The average molecular weight is 408 g/mol. The first-order valence-electron chi connectivity index (χ1n) is 9.95. The molecule has 5 heteroatoms. The second kappa shape index (κ2) is 13.2. The lowest BCUT2D eigenvalue weighted by atomic mass is 10.1. The van der Waals surface area contributed by atoms with Gasteiger partial charge in [-0.2, -0.15) is 0 Å². The molecule has 0 aromatic heterocycles. The first-order valence-corrected chi connectivity index (χ1v) is 9.95. The predicted molar refractivity (Wildman–Crippen MR) is 118 cm³/mol. The second-order valence-electron chi connectivity index (χ2n) is 6.62. The lowest BCUT2D eigenvalue weighted by Crippen LogP contribution is -2.29. The third-order valence-electron chi connectivity index (χ3n) is 4.35. The van der Waals surface area contributed by atoms with Gasteiger partial charge in [0.25, 0.3) is 0 Å². The van der Waals surface area contributed by atoms with E-state index in [1.54, 1.807) is 13.0 Å². The molecule has 0 saturated carbocycles. The Morgan fingerprint density at radius 3 is 2.57 bits per heavy atom. The number of hydrogen-bond acceptors (Lipinski definition) is 5.